The van der Waals surface area contributed by atoms with Crippen molar-refractivity contribution < 1.29 is 9.18 Å². The third kappa shape index (κ3) is 4.03. The molecule has 0 aliphatic heterocycles. The molecule has 1 aromatic carbocycles. The van der Waals surface area contributed by atoms with Crippen LogP contribution in [-0.2, 0) is 13.1 Å². The SMILES string of the molecule is O=C(NCCCn1ccnc1)c1cn(Cc2ccccc2F)nn1. The Morgan fingerprint density at radius 1 is 1.29 bits per heavy atom. The van der Waals surface area contributed by atoms with E-state index >= 15 is 0 Å². The van der Waals surface area contributed by atoms with Gasteiger partial charge in [-0.15, -0.1) is 5.10 Å². The number of imidazole rings is 1. The van der Waals surface area contributed by atoms with E-state index in [1.54, 1.807) is 30.7 Å². The summed E-state index contributed by atoms with van der Waals surface area (Å²) >= 11 is 0. The van der Waals surface area contributed by atoms with Crippen LogP contribution in [-0.4, -0.2) is 37.0 Å². The van der Waals surface area contributed by atoms with E-state index in [1.165, 1.54) is 16.9 Å². The summed E-state index contributed by atoms with van der Waals surface area (Å²) in [6, 6.07) is 6.44. The molecular formula is C16H17FN6O. The highest BCUT2D eigenvalue weighted by atomic mass is 19.1. The second-order valence-electron chi connectivity index (χ2n) is 5.30. The fourth-order valence-corrected chi connectivity index (χ4v) is 2.25. The maximum absolute atomic E-state index is 13.6. The van der Waals surface area contributed by atoms with Gasteiger partial charge in [0, 0.05) is 31.0 Å². The molecule has 124 valence electrons. The Balaban J connectivity index is 1.49. The molecule has 3 aromatic rings. The average Bonchev–Trinajstić information content (AvgIpc) is 3.25. The van der Waals surface area contributed by atoms with Gasteiger partial charge in [-0.2, -0.15) is 0 Å². The Kier molecular flexibility index (Phi) is 4.95. The number of benzene rings is 1. The quantitative estimate of drug-likeness (QED) is 0.667. The van der Waals surface area contributed by atoms with E-state index in [4.69, 9.17) is 0 Å². The van der Waals surface area contributed by atoms with Crippen LogP contribution in [0.25, 0.3) is 0 Å². The highest BCUT2D eigenvalue weighted by Gasteiger charge is 2.11. The fourth-order valence-electron chi connectivity index (χ4n) is 2.25. The predicted octanol–water partition coefficient (Wildman–Crippen LogP) is 1.48. The Morgan fingerprint density at radius 2 is 2.17 bits per heavy atom. The maximum Gasteiger partial charge on any atom is 0.273 e. The summed E-state index contributed by atoms with van der Waals surface area (Å²) in [5.41, 5.74) is 0.712. The number of aryl methyl sites for hydroxylation is 1. The monoisotopic (exact) mass is 328 g/mol. The first-order valence-corrected chi connectivity index (χ1v) is 7.60. The largest absolute Gasteiger partial charge is 0.351 e. The molecule has 3 rings (SSSR count). The van der Waals surface area contributed by atoms with E-state index < -0.39 is 0 Å². The maximum atomic E-state index is 13.6. The second kappa shape index (κ2) is 7.49. The van der Waals surface area contributed by atoms with Gasteiger partial charge in [0.2, 0.25) is 0 Å². The number of hydrogen-bond donors (Lipinski definition) is 1. The summed E-state index contributed by atoms with van der Waals surface area (Å²) in [5, 5.41) is 10.5. The summed E-state index contributed by atoms with van der Waals surface area (Å²) < 4.78 is 17.0. The second-order valence-corrected chi connectivity index (χ2v) is 5.30. The number of halogens is 1. The first-order chi connectivity index (χ1) is 11.7. The summed E-state index contributed by atoms with van der Waals surface area (Å²) in [7, 11) is 0. The van der Waals surface area contributed by atoms with E-state index in [0.29, 0.717) is 12.1 Å². The fraction of sp³-hybridized carbons (Fsp3) is 0.250. The molecule has 0 radical (unpaired) electrons. The van der Waals surface area contributed by atoms with E-state index in [0.717, 1.165) is 13.0 Å². The number of nitrogens with zero attached hydrogens (tertiary/aromatic N) is 5. The molecule has 2 aromatic heterocycles. The lowest BCUT2D eigenvalue weighted by Gasteiger charge is -2.04. The number of carbonyl (C=O) groups is 1. The zero-order chi connectivity index (χ0) is 16.8. The van der Waals surface area contributed by atoms with Crippen molar-refractivity contribution in [2.45, 2.75) is 19.5 Å². The van der Waals surface area contributed by atoms with Gasteiger partial charge >= 0.3 is 0 Å². The molecule has 24 heavy (non-hydrogen) atoms. The zero-order valence-electron chi connectivity index (χ0n) is 13.0. The van der Waals surface area contributed by atoms with Crippen LogP contribution < -0.4 is 5.32 Å². The summed E-state index contributed by atoms with van der Waals surface area (Å²) in [5.74, 6) is -0.598. The molecule has 0 aliphatic carbocycles. The van der Waals surface area contributed by atoms with Crippen molar-refractivity contribution in [3.05, 3.63) is 66.3 Å². The van der Waals surface area contributed by atoms with Crippen LogP contribution in [0.15, 0.2) is 49.2 Å². The standard InChI is InChI=1S/C16H17FN6O/c17-14-5-2-1-4-13(14)10-23-11-15(20-21-23)16(24)19-6-3-8-22-9-7-18-12-22/h1-2,4-5,7,9,11-12H,3,6,8,10H2,(H,19,24). The Morgan fingerprint density at radius 3 is 2.96 bits per heavy atom. The predicted molar refractivity (Wildman–Crippen MR) is 84.7 cm³/mol. The van der Waals surface area contributed by atoms with Crippen LogP contribution in [0.5, 0.6) is 0 Å². The summed E-state index contributed by atoms with van der Waals surface area (Å²) in [6.07, 6.45) is 7.61. The first kappa shape index (κ1) is 15.9. The topological polar surface area (TPSA) is 77.6 Å². The van der Waals surface area contributed by atoms with Gasteiger partial charge < -0.3 is 9.88 Å². The lowest BCUT2D eigenvalue weighted by molar-refractivity contribution is 0.0947. The molecule has 0 saturated carbocycles. The van der Waals surface area contributed by atoms with Crippen molar-refractivity contribution in [1.82, 2.24) is 29.9 Å². The van der Waals surface area contributed by atoms with Gasteiger partial charge in [0.1, 0.15) is 5.82 Å². The van der Waals surface area contributed by atoms with E-state index in [9.17, 15) is 9.18 Å². The molecule has 0 atom stereocenters. The Hall–Kier alpha value is -3.03. The van der Waals surface area contributed by atoms with Crippen molar-refractivity contribution >= 4 is 5.91 Å². The van der Waals surface area contributed by atoms with Gasteiger partial charge in [-0.25, -0.2) is 14.1 Å². The minimum Gasteiger partial charge on any atom is -0.351 e. The van der Waals surface area contributed by atoms with Crippen molar-refractivity contribution in [3.63, 3.8) is 0 Å². The lowest BCUT2D eigenvalue weighted by Crippen LogP contribution is -2.25. The molecule has 8 heteroatoms. The molecule has 0 unspecified atom stereocenters. The van der Waals surface area contributed by atoms with Crippen molar-refractivity contribution in [1.29, 1.82) is 0 Å². The van der Waals surface area contributed by atoms with Crippen LogP contribution in [0.1, 0.15) is 22.5 Å². The molecule has 1 N–H and O–H groups in total. The highest BCUT2D eigenvalue weighted by Crippen LogP contribution is 2.08. The molecule has 1 amide bonds. The van der Waals surface area contributed by atoms with Crippen LogP contribution in [0, 0.1) is 5.82 Å². The first-order valence-electron chi connectivity index (χ1n) is 7.60. The molecule has 0 saturated heterocycles. The molecule has 0 aliphatic rings. The highest BCUT2D eigenvalue weighted by molar-refractivity contribution is 5.91. The van der Waals surface area contributed by atoms with Gasteiger partial charge in [0.25, 0.3) is 5.91 Å². The van der Waals surface area contributed by atoms with Crippen molar-refractivity contribution in [2.24, 2.45) is 0 Å². The zero-order valence-corrected chi connectivity index (χ0v) is 13.0. The number of carbonyl (C=O) groups excluding carboxylic acids is 1. The van der Waals surface area contributed by atoms with Gasteiger partial charge in [-0.3, -0.25) is 4.79 Å². The van der Waals surface area contributed by atoms with Gasteiger partial charge in [0.15, 0.2) is 5.69 Å². The van der Waals surface area contributed by atoms with Crippen LogP contribution in [0.2, 0.25) is 0 Å². The van der Waals surface area contributed by atoms with Crippen LogP contribution in [0.4, 0.5) is 4.39 Å². The molecule has 0 fully saturated rings. The van der Waals surface area contributed by atoms with E-state index in [-0.39, 0.29) is 24.0 Å². The molecule has 0 spiro atoms. The minimum atomic E-state index is -0.307. The number of aromatic nitrogens is 5. The van der Waals surface area contributed by atoms with Crippen molar-refractivity contribution in [2.75, 3.05) is 6.54 Å². The number of rotatable bonds is 7. The van der Waals surface area contributed by atoms with Gasteiger partial charge in [-0.1, -0.05) is 23.4 Å². The smallest absolute Gasteiger partial charge is 0.273 e. The minimum absolute atomic E-state index is 0.217. The van der Waals surface area contributed by atoms with E-state index in [1.807, 2.05) is 10.8 Å². The third-order valence-corrected chi connectivity index (χ3v) is 3.50. The van der Waals surface area contributed by atoms with Gasteiger partial charge in [-0.05, 0) is 12.5 Å². The summed E-state index contributed by atoms with van der Waals surface area (Å²) in [6.45, 7) is 1.53. The molecule has 2 heterocycles. The van der Waals surface area contributed by atoms with Gasteiger partial charge in [0.05, 0.1) is 19.1 Å². The number of amides is 1. The van der Waals surface area contributed by atoms with Crippen LogP contribution >= 0.6 is 0 Å². The summed E-state index contributed by atoms with van der Waals surface area (Å²) in [4.78, 5) is 16.0. The normalized spacial score (nSPS) is 10.7. The Bertz CT molecular complexity index is 799. The Labute approximate surface area is 138 Å². The van der Waals surface area contributed by atoms with Crippen molar-refractivity contribution in [3.8, 4) is 0 Å². The lowest BCUT2D eigenvalue weighted by atomic mass is 10.2. The third-order valence-electron chi connectivity index (χ3n) is 3.50. The number of nitrogens with one attached hydrogen (secondary N) is 1. The van der Waals surface area contributed by atoms with E-state index in [2.05, 4.69) is 20.6 Å². The number of hydrogen-bond acceptors (Lipinski definition) is 4. The van der Waals surface area contributed by atoms with Crippen LogP contribution in [0.3, 0.4) is 0 Å². The molecule has 7 nitrogen and oxygen atoms in total. The molecular weight excluding hydrogens is 311 g/mol. The molecule has 0 bridgehead atoms. The average molecular weight is 328 g/mol.